The molecule has 5 atom stereocenters. The SMILES string of the molecule is [N-]=[N+]=NC[C@@H]1OC(O)[C@@H](O)[C@H](O)[C@@H]1O. The fraction of sp³-hybridized carbons (Fsp3) is 1.00. The summed E-state index contributed by atoms with van der Waals surface area (Å²) in [5.74, 6) is 0. The van der Waals surface area contributed by atoms with E-state index in [0.29, 0.717) is 0 Å². The first-order valence-electron chi connectivity index (χ1n) is 3.96. The van der Waals surface area contributed by atoms with Crippen LogP contribution in [0.4, 0.5) is 0 Å². The first kappa shape index (κ1) is 11.2. The first-order chi connectivity index (χ1) is 6.57. The Morgan fingerprint density at radius 3 is 2.36 bits per heavy atom. The van der Waals surface area contributed by atoms with Gasteiger partial charge in [-0.05, 0) is 5.53 Å². The second-order valence-electron chi connectivity index (χ2n) is 2.95. The van der Waals surface area contributed by atoms with E-state index in [9.17, 15) is 10.2 Å². The molecule has 1 unspecified atom stereocenters. The van der Waals surface area contributed by atoms with Crippen molar-refractivity contribution in [3.05, 3.63) is 10.4 Å². The van der Waals surface area contributed by atoms with Crippen molar-refractivity contribution in [1.82, 2.24) is 0 Å². The van der Waals surface area contributed by atoms with Crippen LogP contribution in [0.2, 0.25) is 0 Å². The van der Waals surface area contributed by atoms with Crippen molar-refractivity contribution >= 4 is 0 Å². The molecule has 14 heavy (non-hydrogen) atoms. The summed E-state index contributed by atoms with van der Waals surface area (Å²) in [6, 6.07) is 0. The quantitative estimate of drug-likeness (QED) is 0.237. The van der Waals surface area contributed by atoms with E-state index in [4.69, 9.17) is 20.5 Å². The van der Waals surface area contributed by atoms with Crippen LogP contribution in [-0.4, -0.2) is 57.7 Å². The number of azide groups is 1. The molecule has 80 valence electrons. The first-order valence-corrected chi connectivity index (χ1v) is 3.96. The highest BCUT2D eigenvalue weighted by molar-refractivity contribution is 4.89. The molecule has 1 heterocycles. The number of hydrogen-bond acceptors (Lipinski definition) is 6. The van der Waals surface area contributed by atoms with Crippen LogP contribution in [0.25, 0.3) is 10.4 Å². The molecule has 0 aromatic rings. The van der Waals surface area contributed by atoms with E-state index in [1.165, 1.54) is 0 Å². The maximum absolute atomic E-state index is 9.32. The molecule has 1 rings (SSSR count). The van der Waals surface area contributed by atoms with Crippen molar-refractivity contribution in [3.63, 3.8) is 0 Å². The van der Waals surface area contributed by atoms with Crippen molar-refractivity contribution in [2.75, 3.05) is 6.54 Å². The average molecular weight is 205 g/mol. The highest BCUT2D eigenvalue weighted by Gasteiger charge is 2.42. The van der Waals surface area contributed by atoms with Crippen molar-refractivity contribution in [2.24, 2.45) is 5.11 Å². The minimum absolute atomic E-state index is 0.224. The molecule has 1 saturated heterocycles. The second-order valence-corrected chi connectivity index (χ2v) is 2.95. The van der Waals surface area contributed by atoms with Gasteiger partial charge in [0.1, 0.15) is 18.3 Å². The molecule has 1 aliphatic rings. The zero-order valence-electron chi connectivity index (χ0n) is 7.13. The maximum atomic E-state index is 9.32. The van der Waals surface area contributed by atoms with Crippen LogP contribution in [-0.2, 0) is 4.74 Å². The van der Waals surface area contributed by atoms with Crippen molar-refractivity contribution < 1.29 is 25.2 Å². The Morgan fingerprint density at radius 2 is 1.79 bits per heavy atom. The largest absolute Gasteiger partial charge is 0.388 e. The van der Waals surface area contributed by atoms with Crippen LogP contribution in [0, 0.1) is 0 Å². The van der Waals surface area contributed by atoms with E-state index in [1.54, 1.807) is 0 Å². The topological polar surface area (TPSA) is 139 Å². The highest BCUT2D eigenvalue weighted by atomic mass is 16.6. The Morgan fingerprint density at radius 1 is 1.14 bits per heavy atom. The third kappa shape index (κ3) is 2.13. The summed E-state index contributed by atoms with van der Waals surface area (Å²) in [5.41, 5.74) is 8.01. The Hall–Kier alpha value is -0.890. The predicted molar refractivity (Wildman–Crippen MR) is 42.9 cm³/mol. The van der Waals surface area contributed by atoms with Gasteiger partial charge in [0.15, 0.2) is 6.29 Å². The molecule has 1 fully saturated rings. The molecule has 0 aliphatic carbocycles. The minimum Gasteiger partial charge on any atom is -0.388 e. The number of aliphatic hydroxyl groups excluding tert-OH is 4. The number of ether oxygens (including phenoxy) is 1. The normalized spacial score (nSPS) is 43.0. The average Bonchev–Trinajstić information content (AvgIpc) is 2.18. The second kappa shape index (κ2) is 4.56. The van der Waals surface area contributed by atoms with Crippen LogP contribution < -0.4 is 0 Å². The van der Waals surface area contributed by atoms with Gasteiger partial charge < -0.3 is 25.2 Å². The molecule has 8 heteroatoms. The van der Waals surface area contributed by atoms with Gasteiger partial charge in [-0.3, -0.25) is 0 Å². The van der Waals surface area contributed by atoms with Crippen molar-refractivity contribution in [3.8, 4) is 0 Å². The maximum Gasteiger partial charge on any atom is 0.183 e. The summed E-state index contributed by atoms with van der Waals surface area (Å²) in [5, 5.41) is 39.8. The van der Waals surface area contributed by atoms with Gasteiger partial charge in [-0.2, -0.15) is 0 Å². The summed E-state index contributed by atoms with van der Waals surface area (Å²) in [7, 11) is 0. The fourth-order valence-electron chi connectivity index (χ4n) is 1.20. The van der Waals surface area contributed by atoms with Gasteiger partial charge in [-0.25, -0.2) is 0 Å². The number of rotatable bonds is 2. The zero-order chi connectivity index (χ0) is 10.7. The van der Waals surface area contributed by atoms with Gasteiger partial charge in [0.25, 0.3) is 0 Å². The lowest BCUT2D eigenvalue weighted by molar-refractivity contribution is -0.279. The minimum atomic E-state index is -1.59. The molecule has 0 aromatic carbocycles. The lowest BCUT2D eigenvalue weighted by Crippen LogP contribution is -2.58. The Bertz CT molecular complexity index is 244. The summed E-state index contributed by atoms with van der Waals surface area (Å²) >= 11 is 0. The third-order valence-electron chi connectivity index (χ3n) is 2.01. The number of hydrogen-bond donors (Lipinski definition) is 4. The predicted octanol–water partition coefficient (Wildman–Crippen LogP) is -1.90. The van der Waals surface area contributed by atoms with E-state index in [2.05, 4.69) is 10.0 Å². The lowest BCUT2D eigenvalue weighted by Gasteiger charge is -2.37. The van der Waals surface area contributed by atoms with E-state index < -0.39 is 30.7 Å². The monoisotopic (exact) mass is 205 g/mol. The van der Waals surface area contributed by atoms with Crippen LogP contribution in [0.5, 0.6) is 0 Å². The number of nitrogens with zero attached hydrogens (tertiary/aromatic N) is 3. The molecule has 0 saturated carbocycles. The molecule has 0 aromatic heterocycles. The summed E-state index contributed by atoms with van der Waals surface area (Å²) in [6.45, 7) is -0.224. The van der Waals surface area contributed by atoms with Gasteiger partial charge in [0.2, 0.25) is 0 Å². The van der Waals surface area contributed by atoms with E-state index in [1.807, 2.05) is 0 Å². The van der Waals surface area contributed by atoms with Gasteiger partial charge in [-0.15, -0.1) is 0 Å². The highest BCUT2D eigenvalue weighted by Crippen LogP contribution is 2.19. The van der Waals surface area contributed by atoms with Crippen LogP contribution in [0.15, 0.2) is 5.11 Å². The third-order valence-corrected chi connectivity index (χ3v) is 2.01. The van der Waals surface area contributed by atoms with Gasteiger partial charge >= 0.3 is 0 Å². The molecule has 0 radical (unpaired) electrons. The smallest absolute Gasteiger partial charge is 0.183 e. The Balaban J connectivity index is 2.64. The summed E-state index contributed by atoms with van der Waals surface area (Å²) in [6.07, 6.45) is -7.07. The van der Waals surface area contributed by atoms with Crippen molar-refractivity contribution in [2.45, 2.75) is 30.7 Å². The summed E-state index contributed by atoms with van der Waals surface area (Å²) in [4.78, 5) is 2.44. The van der Waals surface area contributed by atoms with Crippen LogP contribution >= 0.6 is 0 Å². The molecule has 0 bridgehead atoms. The molecule has 0 spiro atoms. The van der Waals surface area contributed by atoms with Gasteiger partial charge in [0.05, 0.1) is 12.6 Å². The Labute approximate surface area is 79.0 Å². The van der Waals surface area contributed by atoms with Crippen LogP contribution in [0.3, 0.4) is 0 Å². The zero-order valence-corrected chi connectivity index (χ0v) is 7.13. The Kier molecular flexibility index (Phi) is 3.64. The van der Waals surface area contributed by atoms with E-state index >= 15 is 0 Å². The molecule has 1 aliphatic heterocycles. The molecule has 4 N–H and O–H groups in total. The lowest BCUT2D eigenvalue weighted by atomic mass is 9.99. The fourth-order valence-corrected chi connectivity index (χ4v) is 1.20. The van der Waals surface area contributed by atoms with Crippen LogP contribution in [0.1, 0.15) is 0 Å². The van der Waals surface area contributed by atoms with Gasteiger partial charge in [0, 0.05) is 4.91 Å². The molecular weight excluding hydrogens is 194 g/mol. The van der Waals surface area contributed by atoms with E-state index in [-0.39, 0.29) is 6.54 Å². The molecular formula is C6H11N3O5. The van der Waals surface area contributed by atoms with Crippen molar-refractivity contribution in [1.29, 1.82) is 0 Å². The van der Waals surface area contributed by atoms with E-state index in [0.717, 1.165) is 0 Å². The molecule has 8 nitrogen and oxygen atoms in total. The molecule has 0 amide bonds. The number of aliphatic hydroxyl groups is 4. The standard InChI is InChI=1S/C6H11N3O5/c7-9-8-1-2-3(10)4(11)5(12)6(13)14-2/h2-6,10-13H,1H2/t2-,3+,4+,5-,6?/m0/s1. The summed E-state index contributed by atoms with van der Waals surface area (Å²) < 4.78 is 4.71. The van der Waals surface area contributed by atoms with Gasteiger partial charge in [-0.1, -0.05) is 5.11 Å².